The maximum atomic E-state index is 13.0. The van der Waals surface area contributed by atoms with E-state index in [4.69, 9.17) is 30.2 Å². The van der Waals surface area contributed by atoms with Gasteiger partial charge in [0.1, 0.15) is 35.7 Å². The fourth-order valence-electron chi connectivity index (χ4n) is 4.00. The number of aryl methyl sites for hydroxylation is 1. The van der Waals surface area contributed by atoms with E-state index < -0.39 is 5.97 Å². The molecule has 200 valence electrons. The number of fused-ring (bicyclic) bond motifs is 1. The number of benzene rings is 4. The molecule has 5 rings (SSSR count). The third-order valence-corrected chi connectivity index (χ3v) is 6.52. The van der Waals surface area contributed by atoms with Crippen molar-refractivity contribution < 1.29 is 23.4 Å². The minimum atomic E-state index is -0.572. The number of carbonyl (C=O) groups excluding carboxylic acids is 1. The van der Waals surface area contributed by atoms with Crippen LogP contribution < -0.4 is 19.6 Å². The van der Waals surface area contributed by atoms with Crippen molar-refractivity contribution in [3.05, 3.63) is 135 Å². The zero-order valence-electron chi connectivity index (χ0n) is 21.6. The SMILES string of the molecule is CCc1ccccc1Oc1coc2cc(OC(=O)C=Cc3ccc(OCc4ccccc4Cl)cc3)ccc2c1=O. The molecule has 0 radical (unpaired) electrons. The molecule has 6 nitrogen and oxygen atoms in total. The fourth-order valence-corrected chi connectivity index (χ4v) is 4.20. The van der Waals surface area contributed by atoms with Crippen LogP contribution in [-0.4, -0.2) is 5.97 Å². The van der Waals surface area contributed by atoms with Gasteiger partial charge in [-0.1, -0.05) is 67.1 Å². The molecule has 0 unspecified atom stereocenters. The summed E-state index contributed by atoms with van der Waals surface area (Å²) in [6, 6.07) is 26.9. The Balaban J connectivity index is 1.21. The molecule has 7 heteroatoms. The highest BCUT2D eigenvalue weighted by molar-refractivity contribution is 6.31. The molecule has 5 aromatic rings. The van der Waals surface area contributed by atoms with Crippen LogP contribution in [-0.2, 0) is 17.8 Å². The first-order valence-electron chi connectivity index (χ1n) is 12.7. The van der Waals surface area contributed by atoms with Crippen LogP contribution in [0.25, 0.3) is 17.0 Å². The van der Waals surface area contributed by atoms with Gasteiger partial charge < -0.3 is 18.6 Å². The quantitative estimate of drug-likeness (QED) is 0.105. The van der Waals surface area contributed by atoms with Gasteiger partial charge in [0.15, 0.2) is 0 Å². The smallest absolute Gasteiger partial charge is 0.336 e. The van der Waals surface area contributed by atoms with E-state index in [2.05, 4.69) is 0 Å². The number of rotatable bonds is 9. The summed E-state index contributed by atoms with van der Waals surface area (Å²) in [7, 11) is 0. The number of esters is 1. The Morgan fingerprint density at radius 1 is 0.875 bits per heavy atom. The lowest BCUT2D eigenvalue weighted by Gasteiger charge is -2.09. The van der Waals surface area contributed by atoms with E-state index in [0.29, 0.717) is 28.5 Å². The summed E-state index contributed by atoms with van der Waals surface area (Å²) < 4.78 is 22.7. The summed E-state index contributed by atoms with van der Waals surface area (Å²) in [5.74, 6) is 1.05. The minimum absolute atomic E-state index is 0.0846. The highest BCUT2D eigenvalue weighted by atomic mass is 35.5. The van der Waals surface area contributed by atoms with Crippen LogP contribution in [0.5, 0.6) is 23.0 Å². The Morgan fingerprint density at radius 3 is 2.38 bits per heavy atom. The fraction of sp³-hybridized carbons (Fsp3) is 0.0909. The molecule has 0 fully saturated rings. The first-order valence-corrected chi connectivity index (χ1v) is 13.1. The summed E-state index contributed by atoms with van der Waals surface area (Å²) in [6.07, 6.45) is 4.99. The highest BCUT2D eigenvalue weighted by Crippen LogP contribution is 2.27. The third-order valence-electron chi connectivity index (χ3n) is 6.15. The Hall–Kier alpha value is -4.81. The number of carbonyl (C=O) groups is 1. The molecular formula is C33H25ClO6. The van der Waals surface area contributed by atoms with Gasteiger partial charge in [-0.25, -0.2) is 4.79 Å². The predicted molar refractivity (Wildman–Crippen MR) is 155 cm³/mol. The van der Waals surface area contributed by atoms with Crippen molar-refractivity contribution in [3.8, 4) is 23.0 Å². The van der Waals surface area contributed by atoms with Crippen molar-refractivity contribution in [2.75, 3.05) is 0 Å². The summed E-state index contributed by atoms with van der Waals surface area (Å²) in [5, 5.41) is 0.972. The third kappa shape index (κ3) is 6.42. The maximum absolute atomic E-state index is 13.0. The summed E-state index contributed by atoms with van der Waals surface area (Å²) >= 11 is 6.17. The van der Waals surface area contributed by atoms with Crippen LogP contribution >= 0.6 is 11.6 Å². The van der Waals surface area contributed by atoms with Gasteiger partial charge in [-0.15, -0.1) is 0 Å². The van der Waals surface area contributed by atoms with Gasteiger partial charge in [0, 0.05) is 22.7 Å². The molecule has 0 aliphatic rings. The first-order chi connectivity index (χ1) is 19.5. The van der Waals surface area contributed by atoms with Gasteiger partial charge in [0.05, 0.1) is 5.39 Å². The van der Waals surface area contributed by atoms with E-state index in [1.165, 1.54) is 18.4 Å². The normalized spacial score (nSPS) is 11.1. The predicted octanol–water partition coefficient (Wildman–Crippen LogP) is 8.00. The molecular weight excluding hydrogens is 528 g/mol. The zero-order valence-corrected chi connectivity index (χ0v) is 22.4. The van der Waals surface area contributed by atoms with Crippen LogP contribution in [0.15, 0.2) is 113 Å². The second-order valence-electron chi connectivity index (χ2n) is 8.85. The maximum Gasteiger partial charge on any atom is 0.336 e. The Labute approximate surface area is 236 Å². The van der Waals surface area contributed by atoms with Crippen LogP contribution in [0.3, 0.4) is 0 Å². The molecule has 0 spiro atoms. The van der Waals surface area contributed by atoms with Gasteiger partial charge in [0.25, 0.3) is 0 Å². The van der Waals surface area contributed by atoms with Gasteiger partial charge in [-0.3, -0.25) is 4.79 Å². The highest BCUT2D eigenvalue weighted by Gasteiger charge is 2.12. The van der Waals surface area contributed by atoms with E-state index in [-0.39, 0.29) is 22.5 Å². The summed E-state index contributed by atoms with van der Waals surface area (Å²) in [4.78, 5) is 25.4. The van der Waals surface area contributed by atoms with Crippen LogP contribution in [0.4, 0.5) is 0 Å². The van der Waals surface area contributed by atoms with Gasteiger partial charge in [-0.2, -0.15) is 0 Å². The number of hydrogen-bond acceptors (Lipinski definition) is 6. The second-order valence-corrected chi connectivity index (χ2v) is 9.26. The van der Waals surface area contributed by atoms with Crippen molar-refractivity contribution in [1.82, 2.24) is 0 Å². The molecule has 0 atom stereocenters. The Morgan fingerprint density at radius 2 is 1.60 bits per heavy atom. The average molecular weight is 553 g/mol. The lowest BCUT2D eigenvalue weighted by Crippen LogP contribution is -2.07. The van der Waals surface area contributed by atoms with E-state index in [0.717, 1.165) is 23.1 Å². The molecule has 1 heterocycles. The average Bonchev–Trinajstić information content (AvgIpc) is 2.98. The van der Waals surface area contributed by atoms with Crippen LogP contribution in [0, 0.1) is 0 Å². The number of para-hydroxylation sites is 1. The van der Waals surface area contributed by atoms with Crippen molar-refractivity contribution in [2.24, 2.45) is 0 Å². The van der Waals surface area contributed by atoms with Crippen molar-refractivity contribution in [1.29, 1.82) is 0 Å². The molecule has 0 amide bonds. The lowest BCUT2D eigenvalue weighted by atomic mass is 10.1. The Kier molecular flexibility index (Phi) is 8.28. The minimum Gasteiger partial charge on any atom is -0.489 e. The number of hydrogen-bond donors (Lipinski definition) is 0. The van der Waals surface area contributed by atoms with E-state index in [1.807, 2.05) is 79.7 Å². The molecule has 4 aromatic carbocycles. The molecule has 0 saturated carbocycles. The zero-order chi connectivity index (χ0) is 27.9. The summed E-state index contributed by atoms with van der Waals surface area (Å²) in [5.41, 5.74) is 2.64. The monoisotopic (exact) mass is 552 g/mol. The summed E-state index contributed by atoms with van der Waals surface area (Å²) in [6.45, 7) is 2.37. The van der Waals surface area contributed by atoms with Crippen molar-refractivity contribution in [3.63, 3.8) is 0 Å². The van der Waals surface area contributed by atoms with Crippen LogP contribution in [0.2, 0.25) is 5.02 Å². The van der Waals surface area contributed by atoms with Gasteiger partial charge in [-0.05, 0) is 60.0 Å². The topological polar surface area (TPSA) is 75.0 Å². The first kappa shape index (κ1) is 26.8. The van der Waals surface area contributed by atoms with Gasteiger partial charge >= 0.3 is 5.97 Å². The largest absolute Gasteiger partial charge is 0.489 e. The molecule has 0 bridgehead atoms. The number of halogens is 1. The van der Waals surface area contributed by atoms with Crippen molar-refractivity contribution in [2.45, 2.75) is 20.0 Å². The van der Waals surface area contributed by atoms with Crippen LogP contribution in [0.1, 0.15) is 23.6 Å². The van der Waals surface area contributed by atoms with E-state index in [9.17, 15) is 9.59 Å². The lowest BCUT2D eigenvalue weighted by molar-refractivity contribution is -0.128. The molecule has 0 aliphatic carbocycles. The van der Waals surface area contributed by atoms with E-state index in [1.54, 1.807) is 18.2 Å². The second kappa shape index (κ2) is 12.4. The molecule has 0 aliphatic heterocycles. The standard InChI is InChI=1S/C33H25ClO6/c1-2-23-7-4-6-10-29(23)40-31-21-38-30-19-26(16-17-27(30)33(31)36)39-32(35)18-13-22-11-14-25(15-12-22)37-20-24-8-3-5-9-28(24)34/h3-19,21H,2,20H2,1H3. The molecule has 40 heavy (non-hydrogen) atoms. The molecule has 1 aromatic heterocycles. The molecule has 0 N–H and O–H groups in total. The molecule has 0 saturated heterocycles. The van der Waals surface area contributed by atoms with Gasteiger partial charge in [0.2, 0.25) is 11.2 Å². The van der Waals surface area contributed by atoms with E-state index >= 15 is 0 Å². The van der Waals surface area contributed by atoms with Crippen molar-refractivity contribution >= 4 is 34.6 Å². The number of ether oxygens (including phenoxy) is 3. The Bertz CT molecular complexity index is 1740.